The highest BCUT2D eigenvalue weighted by Crippen LogP contribution is 2.38. The van der Waals surface area contributed by atoms with Crippen molar-refractivity contribution in [3.8, 4) is 5.75 Å². The van der Waals surface area contributed by atoms with Crippen LogP contribution >= 0.6 is 11.6 Å². The van der Waals surface area contributed by atoms with Crippen LogP contribution in [0.25, 0.3) is 0 Å². The molecule has 5 heteroatoms. The molecule has 0 aliphatic carbocycles. The number of nitrogens with zero attached hydrogens (tertiary/aromatic N) is 2. The van der Waals surface area contributed by atoms with Crippen molar-refractivity contribution in [2.45, 2.75) is 38.3 Å². The van der Waals surface area contributed by atoms with Crippen molar-refractivity contribution < 1.29 is 14.4 Å². The van der Waals surface area contributed by atoms with Gasteiger partial charge in [-0.3, -0.25) is 4.58 Å². The summed E-state index contributed by atoms with van der Waals surface area (Å²) in [5, 5.41) is 12.5. The normalized spacial score (nSPS) is 22.6. The molecule has 0 spiro atoms. The number of anilines is 1. The molecule has 0 radical (unpaired) electrons. The summed E-state index contributed by atoms with van der Waals surface area (Å²) in [7, 11) is 0. The SMILES string of the molecule is CCOc1ccc(N2C3=[N+](CCCCC3)C[C@@]2(O)c2ccc(Cl)cc2)cc1. The summed E-state index contributed by atoms with van der Waals surface area (Å²) < 4.78 is 7.93. The molecule has 0 saturated heterocycles. The van der Waals surface area contributed by atoms with Crippen LogP contribution in [0.15, 0.2) is 48.5 Å². The van der Waals surface area contributed by atoms with Gasteiger partial charge in [0.1, 0.15) is 11.4 Å². The van der Waals surface area contributed by atoms with Gasteiger partial charge in [0.15, 0.2) is 6.54 Å². The van der Waals surface area contributed by atoms with Crippen LogP contribution in [0.1, 0.15) is 38.2 Å². The van der Waals surface area contributed by atoms with Crippen LogP contribution in [-0.2, 0) is 5.72 Å². The van der Waals surface area contributed by atoms with E-state index in [-0.39, 0.29) is 0 Å². The molecule has 0 fully saturated rings. The van der Waals surface area contributed by atoms with E-state index in [0.717, 1.165) is 42.8 Å². The second-order valence-corrected chi connectivity index (χ2v) is 7.67. The minimum absolute atomic E-state index is 0.567. The van der Waals surface area contributed by atoms with E-state index in [2.05, 4.69) is 9.48 Å². The third-order valence-corrected chi connectivity index (χ3v) is 5.70. The summed E-state index contributed by atoms with van der Waals surface area (Å²) in [6.07, 6.45) is 4.52. The molecule has 0 bridgehead atoms. The lowest BCUT2D eigenvalue weighted by Gasteiger charge is -2.29. The Morgan fingerprint density at radius 2 is 1.81 bits per heavy atom. The zero-order chi connectivity index (χ0) is 18.9. The lowest BCUT2D eigenvalue weighted by atomic mass is 10.00. The maximum absolute atomic E-state index is 11.9. The molecule has 2 aromatic carbocycles. The van der Waals surface area contributed by atoms with Crippen LogP contribution in [0.3, 0.4) is 0 Å². The van der Waals surface area contributed by atoms with Crippen LogP contribution in [-0.4, -0.2) is 35.2 Å². The molecule has 4 rings (SSSR count). The minimum Gasteiger partial charge on any atom is -0.494 e. The fourth-order valence-corrected chi connectivity index (χ4v) is 4.31. The van der Waals surface area contributed by atoms with Crippen molar-refractivity contribution in [1.29, 1.82) is 0 Å². The highest BCUT2D eigenvalue weighted by Gasteiger charge is 2.53. The number of amidine groups is 1. The zero-order valence-electron chi connectivity index (χ0n) is 15.7. The van der Waals surface area contributed by atoms with Gasteiger partial charge in [0, 0.05) is 17.0 Å². The topological polar surface area (TPSA) is 35.7 Å². The molecule has 0 unspecified atom stereocenters. The Morgan fingerprint density at radius 3 is 2.52 bits per heavy atom. The van der Waals surface area contributed by atoms with Crippen LogP contribution in [0.4, 0.5) is 5.69 Å². The van der Waals surface area contributed by atoms with Crippen LogP contribution in [0, 0.1) is 0 Å². The summed E-state index contributed by atoms with van der Waals surface area (Å²) >= 11 is 6.08. The summed E-state index contributed by atoms with van der Waals surface area (Å²) in [6, 6.07) is 15.6. The molecule has 0 amide bonds. The fraction of sp³-hybridized carbons (Fsp3) is 0.409. The summed E-state index contributed by atoms with van der Waals surface area (Å²) in [5.74, 6) is 2.05. The predicted molar refractivity (Wildman–Crippen MR) is 109 cm³/mol. The first-order valence-corrected chi connectivity index (χ1v) is 10.1. The van der Waals surface area contributed by atoms with E-state index in [1.165, 1.54) is 12.3 Å². The minimum atomic E-state index is -1.11. The Bertz CT molecular complexity index is 832. The quantitative estimate of drug-likeness (QED) is 0.793. The van der Waals surface area contributed by atoms with E-state index in [0.29, 0.717) is 18.2 Å². The highest BCUT2D eigenvalue weighted by molar-refractivity contribution is 6.30. The van der Waals surface area contributed by atoms with Crippen LogP contribution in [0.2, 0.25) is 5.02 Å². The van der Waals surface area contributed by atoms with Gasteiger partial charge in [0.25, 0.3) is 11.6 Å². The molecule has 142 valence electrons. The van der Waals surface area contributed by atoms with Crippen LogP contribution in [0.5, 0.6) is 5.75 Å². The molecule has 27 heavy (non-hydrogen) atoms. The van der Waals surface area contributed by atoms with Gasteiger partial charge in [-0.15, -0.1) is 0 Å². The lowest BCUT2D eigenvalue weighted by Crippen LogP contribution is -2.47. The zero-order valence-corrected chi connectivity index (χ0v) is 16.5. The molecule has 0 aromatic heterocycles. The Morgan fingerprint density at radius 1 is 1.07 bits per heavy atom. The average molecular weight is 386 g/mol. The number of aliphatic hydroxyl groups is 1. The molecule has 2 aromatic rings. The maximum Gasteiger partial charge on any atom is 0.275 e. The van der Waals surface area contributed by atoms with E-state index >= 15 is 0 Å². The summed E-state index contributed by atoms with van der Waals surface area (Å²) in [5.41, 5.74) is 0.737. The van der Waals surface area contributed by atoms with E-state index in [1.54, 1.807) is 0 Å². The third kappa shape index (κ3) is 3.44. The molecule has 2 aliphatic rings. The standard InChI is InChI=1S/C22H26ClN2O2/c1-2-27-20-13-11-19(12-14-20)25-21-6-4-3-5-15-24(21)16-22(25,26)17-7-9-18(23)10-8-17/h7-14,26H,2-6,15-16H2,1H3/q+1/t22-/m1/s1. The van der Waals surface area contributed by atoms with E-state index in [4.69, 9.17) is 16.3 Å². The van der Waals surface area contributed by atoms with Gasteiger partial charge in [0.2, 0.25) is 0 Å². The molecule has 2 aliphatic heterocycles. The maximum atomic E-state index is 11.9. The highest BCUT2D eigenvalue weighted by atomic mass is 35.5. The Kier molecular flexibility index (Phi) is 5.11. The van der Waals surface area contributed by atoms with Gasteiger partial charge >= 0.3 is 0 Å². The molecule has 0 saturated carbocycles. The van der Waals surface area contributed by atoms with Gasteiger partial charge in [-0.2, -0.15) is 4.90 Å². The fourth-order valence-electron chi connectivity index (χ4n) is 4.18. The number of benzene rings is 2. The molecule has 4 nitrogen and oxygen atoms in total. The predicted octanol–water partition coefficient (Wildman–Crippen LogP) is 4.39. The number of rotatable bonds is 4. The largest absolute Gasteiger partial charge is 0.494 e. The van der Waals surface area contributed by atoms with Gasteiger partial charge < -0.3 is 9.84 Å². The lowest BCUT2D eigenvalue weighted by molar-refractivity contribution is -0.534. The van der Waals surface area contributed by atoms with Crippen molar-refractivity contribution in [2.75, 3.05) is 24.6 Å². The number of ether oxygens (including phenoxy) is 1. The Labute approximate surface area is 165 Å². The smallest absolute Gasteiger partial charge is 0.275 e. The van der Waals surface area contributed by atoms with Gasteiger partial charge in [0.05, 0.1) is 13.2 Å². The molecule has 2 heterocycles. The Balaban J connectivity index is 1.77. The van der Waals surface area contributed by atoms with Gasteiger partial charge in [-0.25, -0.2) is 0 Å². The summed E-state index contributed by atoms with van der Waals surface area (Å²) in [4.78, 5) is 2.11. The van der Waals surface area contributed by atoms with E-state index < -0.39 is 5.72 Å². The molecule has 1 atom stereocenters. The molecular weight excluding hydrogens is 360 g/mol. The monoisotopic (exact) mass is 385 g/mol. The molecular formula is C22H26ClN2O2+. The second kappa shape index (κ2) is 7.53. The first kappa shape index (κ1) is 18.3. The first-order valence-electron chi connectivity index (χ1n) is 9.74. The average Bonchev–Trinajstić information content (AvgIpc) is 2.80. The molecule has 1 N–H and O–H groups in total. The van der Waals surface area contributed by atoms with Gasteiger partial charge in [-0.1, -0.05) is 23.7 Å². The van der Waals surface area contributed by atoms with Crippen molar-refractivity contribution in [2.24, 2.45) is 0 Å². The van der Waals surface area contributed by atoms with E-state index in [9.17, 15) is 5.11 Å². The van der Waals surface area contributed by atoms with Crippen molar-refractivity contribution in [3.05, 3.63) is 59.1 Å². The number of hydrogen-bond acceptors (Lipinski definition) is 3. The third-order valence-electron chi connectivity index (χ3n) is 5.45. The Hall–Kier alpha value is -2.04. The van der Waals surface area contributed by atoms with Crippen molar-refractivity contribution >= 4 is 23.1 Å². The first-order chi connectivity index (χ1) is 13.1. The number of hydrogen-bond donors (Lipinski definition) is 1. The van der Waals surface area contributed by atoms with Gasteiger partial charge in [-0.05, 0) is 62.6 Å². The van der Waals surface area contributed by atoms with E-state index in [1.807, 2.05) is 55.5 Å². The van der Waals surface area contributed by atoms with Crippen LogP contribution < -0.4 is 9.64 Å². The van der Waals surface area contributed by atoms with Crippen molar-refractivity contribution in [3.63, 3.8) is 0 Å². The summed E-state index contributed by atoms with van der Waals surface area (Å²) in [6.45, 7) is 4.17. The number of halogens is 1. The van der Waals surface area contributed by atoms with Crippen molar-refractivity contribution in [1.82, 2.24) is 0 Å². The second-order valence-electron chi connectivity index (χ2n) is 7.23.